The summed E-state index contributed by atoms with van der Waals surface area (Å²) < 4.78 is 15.4. The van der Waals surface area contributed by atoms with Crippen molar-refractivity contribution in [1.82, 2.24) is 10.2 Å². The van der Waals surface area contributed by atoms with Crippen molar-refractivity contribution in [3.63, 3.8) is 0 Å². The van der Waals surface area contributed by atoms with Crippen molar-refractivity contribution >= 4 is 10.9 Å². The molecule has 4 heteroatoms. The molecule has 2 aromatic rings. The Morgan fingerprint density at radius 3 is 2.80 bits per heavy atom. The Bertz CT molecular complexity index is 881. The molecular weight excluding hydrogens is 315 g/mol. The second kappa shape index (κ2) is 4.28. The van der Waals surface area contributed by atoms with E-state index >= 15 is 4.39 Å². The second-order valence-electron chi connectivity index (χ2n) is 9.37. The highest BCUT2D eigenvalue weighted by molar-refractivity contribution is 5.84. The van der Waals surface area contributed by atoms with Crippen LogP contribution in [0.15, 0.2) is 18.3 Å². The first kappa shape index (κ1) is 14.7. The first-order valence-corrected chi connectivity index (χ1v) is 9.81. The van der Waals surface area contributed by atoms with E-state index in [2.05, 4.69) is 29.3 Å². The number of hydrogen-bond donors (Lipinski definition) is 2. The standard InChI is InChI=1S/C21H25FN2O/c1-19-5-4-12-13-2-3-17-14(11-23-24-17)18(13)16(22)10-15(12)20(19)6-8-21(19,25)9-7-20/h2-3,11-12,15-16,25H,4-10H2,1H3,(H,23,24)/t12-,15-,16-,19+,20?,21?/m1/s1. The van der Waals surface area contributed by atoms with E-state index in [0.29, 0.717) is 18.3 Å². The molecule has 4 atom stereocenters. The Hall–Kier alpha value is -1.42. The maximum absolute atomic E-state index is 15.4. The van der Waals surface area contributed by atoms with E-state index in [9.17, 15) is 5.11 Å². The van der Waals surface area contributed by atoms with E-state index < -0.39 is 11.8 Å². The lowest BCUT2D eigenvalue weighted by molar-refractivity contribution is -0.105. The molecule has 0 spiro atoms. The molecule has 25 heavy (non-hydrogen) atoms. The monoisotopic (exact) mass is 340 g/mol. The average Bonchev–Trinajstić information content (AvgIpc) is 3.23. The van der Waals surface area contributed by atoms with Crippen molar-refractivity contribution in [2.24, 2.45) is 16.7 Å². The van der Waals surface area contributed by atoms with E-state index in [1.807, 2.05) is 0 Å². The highest BCUT2D eigenvalue weighted by atomic mass is 19.1. The molecule has 0 saturated heterocycles. The van der Waals surface area contributed by atoms with Crippen LogP contribution in [0.3, 0.4) is 0 Å². The highest BCUT2D eigenvalue weighted by Crippen LogP contribution is 2.78. The van der Waals surface area contributed by atoms with E-state index in [4.69, 9.17) is 0 Å². The number of rotatable bonds is 0. The van der Waals surface area contributed by atoms with E-state index in [-0.39, 0.29) is 10.8 Å². The fraction of sp³-hybridized carbons (Fsp3) is 0.667. The normalized spacial score (nSPS) is 47.6. The van der Waals surface area contributed by atoms with Crippen molar-refractivity contribution in [2.75, 3.05) is 0 Å². The summed E-state index contributed by atoms with van der Waals surface area (Å²) in [5, 5.41) is 19.3. The zero-order chi connectivity index (χ0) is 17.0. The SMILES string of the molecule is C[C@]12CC[C@@H]3c4ccc5[nH]ncc5c4[C@H](F)C[C@H]3C13CCC2(O)CC3. The molecule has 6 rings (SSSR count). The van der Waals surface area contributed by atoms with Gasteiger partial charge in [0.05, 0.1) is 17.3 Å². The van der Waals surface area contributed by atoms with Gasteiger partial charge in [-0.1, -0.05) is 13.0 Å². The number of aromatic amines is 1. The molecule has 4 aliphatic carbocycles. The molecule has 3 saturated carbocycles. The van der Waals surface area contributed by atoms with Gasteiger partial charge in [0.15, 0.2) is 0 Å². The zero-order valence-corrected chi connectivity index (χ0v) is 14.7. The molecule has 0 radical (unpaired) electrons. The van der Waals surface area contributed by atoms with Gasteiger partial charge in [0.1, 0.15) is 6.17 Å². The van der Waals surface area contributed by atoms with Crippen molar-refractivity contribution in [3.8, 4) is 0 Å². The molecule has 2 N–H and O–H groups in total. The van der Waals surface area contributed by atoms with Crippen LogP contribution in [0.4, 0.5) is 4.39 Å². The van der Waals surface area contributed by atoms with Gasteiger partial charge >= 0.3 is 0 Å². The number of aromatic nitrogens is 2. The van der Waals surface area contributed by atoms with Gasteiger partial charge in [-0.3, -0.25) is 5.10 Å². The summed E-state index contributed by atoms with van der Waals surface area (Å²) in [6.07, 6.45) is 7.63. The Morgan fingerprint density at radius 1 is 1.20 bits per heavy atom. The molecule has 132 valence electrons. The van der Waals surface area contributed by atoms with Crippen molar-refractivity contribution in [2.45, 2.75) is 69.6 Å². The van der Waals surface area contributed by atoms with Crippen LogP contribution in [-0.2, 0) is 0 Å². The minimum Gasteiger partial charge on any atom is -0.389 e. The molecule has 1 aromatic heterocycles. The van der Waals surface area contributed by atoms with E-state index in [1.54, 1.807) is 6.20 Å². The maximum atomic E-state index is 15.4. The van der Waals surface area contributed by atoms with Gasteiger partial charge in [0, 0.05) is 16.4 Å². The minimum absolute atomic E-state index is 0.0157. The lowest BCUT2D eigenvalue weighted by atomic mass is 9.48. The summed E-state index contributed by atoms with van der Waals surface area (Å²) in [5.41, 5.74) is 2.67. The number of nitrogens with zero attached hydrogens (tertiary/aromatic N) is 1. The summed E-state index contributed by atoms with van der Waals surface area (Å²) >= 11 is 0. The molecule has 0 amide bonds. The van der Waals surface area contributed by atoms with Crippen LogP contribution in [0.1, 0.15) is 75.1 Å². The number of halogens is 1. The summed E-state index contributed by atoms with van der Waals surface area (Å²) in [7, 11) is 0. The molecule has 1 heterocycles. The van der Waals surface area contributed by atoms with Crippen molar-refractivity contribution < 1.29 is 9.50 Å². The molecule has 0 aliphatic heterocycles. The number of alkyl halides is 1. The zero-order valence-electron chi connectivity index (χ0n) is 14.7. The average molecular weight is 340 g/mol. The highest BCUT2D eigenvalue weighted by Gasteiger charge is 2.73. The number of H-pyrrole nitrogens is 1. The summed E-state index contributed by atoms with van der Waals surface area (Å²) in [6, 6.07) is 4.22. The van der Waals surface area contributed by atoms with E-state index in [1.165, 1.54) is 5.56 Å². The molecule has 1 aromatic carbocycles. The topological polar surface area (TPSA) is 48.9 Å². The first-order chi connectivity index (χ1) is 12.0. The van der Waals surface area contributed by atoms with Gasteiger partial charge in [0.25, 0.3) is 0 Å². The number of nitrogens with one attached hydrogen (secondary N) is 1. The number of benzene rings is 1. The van der Waals surface area contributed by atoms with Crippen molar-refractivity contribution in [1.29, 1.82) is 0 Å². The molecule has 2 bridgehead atoms. The molecule has 0 unspecified atom stereocenters. The predicted octanol–water partition coefficient (Wildman–Crippen LogP) is 4.78. The van der Waals surface area contributed by atoms with Gasteiger partial charge in [-0.15, -0.1) is 0 Å². The third-order valence-corrected chi connectivity index (χ3v) is 9.12. The van der Waals surface area contributed by atoms with Crippen LogP contribution in [0.25, 0.3) is 10.9 Å². The quantitative estimate of drug-likeness (QED) is 0.725. The minimum atomic E-state index is -0.913. The lowest BCUT2D eigenvalue weighted by Crippen LogP contribution is -2.52. The van der Waals surface area contributed by atoms with Crippen LogP contribution in [0, 0.1) is 16.7 Å². The van der Waals surface area contributed by atoms with Gasteiger partial charge in [0.2, 0.25) is 0 Å². The molecule has 4 aliphatic rings. The number of hydrogen-bond acceptors (Lipinski definition) is 2. The lowest BCUT2D eigenvalue weighted by Gasteiger charge is -2.57. The van der Waals surface area contributed by atoms with Gasteiger partial charge in [-0.25, -0.2) is 4.39 Å². The number of aliphatic hydroxyl groups is 1. The van der Waals surface area contributed by atoms with E-state index in [0.717, 1.165) is 55.0 Å². The largest absolute Gasteiger partial charge is 0.389 e. The van der Waals surface area contributed by atoms with Crippen LogP contribution in [0.2, 0.25) is 0 Å². The first-order valence-electron chi connectivity index (χ1n) is 9.81. The smallest absolute Gasteiger partial charge is 0.126 e. The Balaban J connectivity index is 1.54. The fourth-order valence-corrected chi connectivity index (χ4v) is 7.80. The third kappa shape index (κ3) is 1.44. The van der Waals surface area contributed by atoms with Gasteiger partial charge in [-0.05, 0) is 73.8 Å². The predicted molar refractivity (Wildman–Crippen MR) is 94.0 cm³/mol. The van der Waals surface area contributed by atoms with Gasteiger partial charge in [-0.2, -0.15) is 5.10 Å². The van der Waals surface area contributed by atoms with Crippen molar-refractivity contribution in [3.05, 3.63) is 29.5 Å². The Labute approximate surface area is 147 Å². The summed E-state index contributed by atoms with van der Waals surface area (Å²) in [4.78, 5) is 0. The second-order valence-corrected chi connectivity index (χ2v) is 9.37. The molecule has 3 fully saturated rings. The van der Waals surface area contributed by atoms with Crippen LogP contribution in [-0.4, -0.2) is 20.9 Å². The summed E-state index contributed by atoms with van der Waals surface area (Å²) in [5.74, 6) is 0.810. The number of fused-ring (bicyclic) bond motifs is 5. The summed E-state index contributed by atoms with van der Waals surface area (Å²) in [6.45, 7) is 2.31. The van der Waals surface area contributed by atoms with Gasteiger partial charge < -0.3 is 5.11 Å². The van der Waals surface area contributed by atoms with Crippen LogP contribution < -0.4 is 0 Å². The maximum Gasteiger partial charge on any atom is 0.126 e. The van der Waals surface area contributed by atoms with Crippen LogP contribution in [0.5, 0.6) is 0 Å². The Kier molecular flexibility index (Phi) is 2.52. The molecular formula is C21H25FN2O. The Morgan fingerprint density at radius 2 is 2.00 bits per heavy atom. The third-order valence-electron chi connectivity index (χ3n) is 9.12. The molecule has 3 nitrogen and oxygen atoms in total. The van der Waals surface area contributed by atoms with Crippen LogP contribution >= 0.6 is 0 Å². The fourth-order valence-electron chi connectivity index (χ4n) is 7.80.